The fourth-order valence-electron chi connectivity index (χ4n) is 3.97. The van der Waals surface area contributed by atoms with Crippen LogP contribution in [-0.4, -0.2) is 41.7 Å². The third-order valence-corrected chi connectivity index (χ3v) is 5.87. The smallest absolute Gasteiger partial charge is 0.337 e. The van der Waals surface area contributed by atoms with E-state index in [2.05, 4.69) is 4.74 Å². The van der Waals surface area contributed by atoms with Gasteiger partial charge in [-0.15, -0.1) is 0 Å². The van der Waals surface area contributed by atoms with E-state index in [1.165, 1.54) is 60.5 Å². The molecule has 1 fully saturated rings. The summed E-state index contributed by atoms with van der Waals surface area (Å²) in [5.74, 6) is -2.39. The molecule has 0 N–H and O–H groups in total. The highest BCUT2D eigenvalue weighted by Crippen LogP contribution is 2.28. The predicted octanol–water partition coefficient (Wildman–Crippen LogP) is 3.90. The van der Waals surface area contributed by atoms with E-state index in [0.717, 1.165) is 10.5 Å². The number of anilines is 1. The summed E-state index contributed by atoms with van der Waals surface area (Å²) >= 11 is 0. The third kappa shape index (κ3) is 4.96. The van der Waals surface area contributed by atoms with Crippen LogP contribution in [-0.2, 0) is 20.9 Å². The van der Waals surface area contributed by atoms with Gasteiger partial charge >= 0.3 is 5.97 Å². The lowest BCUT2D eigenvalue weighted by atomic mass is 10.1. The van der Waals surface area contributed by atoms with Crippen LogP contribution in [0.4, 0.5) is 10.1 Å². The molecule has 7 nitrogen and oxygen atoms in total. The minimum Gasteiger partial charge on any atom is -0.465 e. The summed E-state index contributed by atoms with van der Waals surface area (Å²) in [6.07, 6.45) is -0.198. The molecule has 0 saturated carbocycles. The molecule has 3 aromatic rings. The second kappa shape index (κ2) is 9.89. The number of nitrogens with zero attached hydrogens (tertiary/aromatic N) is 2. The zero-order valence-electron chi connectivity index (χ0n) is 19.2. The van der Waals surface area contributed by atoms with E-state index >= 15 is 0 Å². The molecule has 1 heterocycles. The maximum atomic E-state index is 13.5. The molecule has 4 rings (SSSR count). The summed E-state index contributed by atoms with van der Waals surface area (Å²) in [5, 5.41) is 0. The quantitative estimate of drug-likeness (QED) is 0.400. The Bertz CT molecular complexity index is 1270. The molecule has 1 aliphatic rings. The number of imide groups is 1. The summed E-state index contributed by atoms with van der Waals surface area (Å²) in [5.41, 5.74) is 2.53. The van der Waals surface area contributed by atoms with Gasteiger partial charge in [-0.1, -0.05) is 29.8 Å². The summed E-state index contributed by atoms with van der Waals surface area (Å²) in [7, 11) is 1.26. The van der Waals surface area contributed by atoms with Crippen molar-refractivity contribution in [3.8, 4) is 0 Å². The highest BCUT2D eigenvalue weighted by Gasteiger charge is 2.44. The Hall–Kier alpha value is -4.33. The highest BCUT2D eigenvalue weighted by atomic mass is 19.1. The van der Waals surface area contributed by atoms with Gasteiger partial charge in [0.2, 0.25) is 5.91 Å². The van der Waals surface area contributed by atoms with Gasteiger partial charge in [-0.05, 0) is 61.0 Å². The van der Waals surface area contributed by atoms with Crippen LogP contribution in [0.2, 0.25) is 0 Å². The number of halogens is 1. The molecule has 1 aliphatic heterocycles. The second-order valence-electron chi connectivity index (χ2n) is 8.25. The van der Waals surface area contributed by atoms with Gasteiger partial charge in [-0.25, -0.2) is 14.1 Å². The van der Waals surface area contributed by atoms with E-state index in [0.29, 0.717) is 16.8 Å². The molecule has 0 bridgehead atoms. The first-order valence-electron chi connectivity index (χ1n) is 11.0. The lowest BCUT2D eigenvalue weighted by Crippen LogP contribution is -2.45. The number of carbonyl (C=O) groups excluding carboxylic acids is 4. The van der Waals surface area contributed by atoms with Gasteiger partial charge in [0, 0.05) is 12.1 Å². The molecule has 178 valence electrons. The number of carbonyl (C=O) groups is 4. The Labute approximate surface area is 201 Å². The molecule has 0 spiro atoms. The Morgan fingerprint density at radius 2 is 1.54 bits per heavy atom. The van der Waals surface area contributed by atoms with Crippen LogP contribution in [0.1, 0.15) is 38.3 Å². The minimum atomic E-state index is -1.04. The van der Waals surface area contributed by atoms with Crippen LogP contribution >= 0.6 is 0 Å². The number of benzene rings is 3. The Balaban J connectivity index is 1.65. The average molecular weight is 474 g/mol. The molecule has 0 aliphatic carbocycles. The van der Waals surface area contributed by atoms with Crippen LogP contribution in [0.3, 0.4) is 0 Å². The van der Waals surface area contributed by atoms with Crippen molar-refractivity contribution in [2.75, 3.05) is 12.0 Å². The number of ether oxygens (including phenoxy) is 1. The fraction of sp³-hybridized carbons (Fsp3) is 0.185. The summed E-state index contributed by atoms with van der Waals surface area (Å²) in [6, 6.07) is 17.4. The first-order chi connectivity index (χ1) is 16.8. The van der Waals surface area contributed by atoms with E-state index < -0.39 is 35.5 Å². The lowest BCUT2D eigenvalue weighted by Gasteiger charge is -2.28. The molecule has 1 atom stereocenters. The number of hydrogen-bond acceptors (Lipinski definition) is 5. The summed E-state index contributed by atoms with van der Waals surface area (Å²) in [6.45, 7) is 1.92. The van der Waals surface area contributed by atoms with Crippen molar-refractivity contribution < 1.29 is 28.3 Å². The second-order valence-corrected chi connectivity index (χ2v) is 8.25. The van der Waals surface area contributed by atoms with E-state index in [1.807, 2.05) is 6.92 Å². The minimum absolute atomic E-state index is 0.0196. The number of amides is 3. The van der Waals surface area contributed by atoms with Crippen molar-refractivity contribution >= 4 is 29.4 Å². The van der Waals surface area contributed by atoms with Crippen LogP contribution in [0, 0.1) is 12.7 Å². The highest BCUT2D eigenvalue weighted by molar-refractivity contribution is 6.23. The Kier molecular flexibility index (Phi) is 6.73. The van der Waals surface area contributed by atoms with E-state index in [9.17, 15) is 23.6 Å². The van der Waals surface area contributed by atoms with Gasteiger partial charge in [0.05, 0.1) is 24.8 Å². The molecule has 3 aromatic carbocycles. The van der Waals surface area contributed by atoms with E-state index in [4.69, 9.17) is 0 Å². The van der Waals surface area contributed by atoms with E-state index in [-0.39, 0.29) is 18.5 Å². The summed E-state index contributed by atoms with van der Waals surface area (Å²) < 4.78 is 18.1. The number of esters is 1. The van der Waals surface area contributed by atoms with Crippen LogP contribution in [0.15, 0.2) is 72.8 Å². The van der Waals surface area contributed by atoms with Crippen LogP contribution in [0.5, 0.6) is 0 Å². The van der Waals surface area contributed by atoms with Crippen molar-refractivity contribution in [1.82, 2.24) is 4.90 Å². The van der Waals surface area contributed by atoms with Crippen molar-refractivity contribution in [3.05, 3.63) is 101 Å². The average Bonchev–Trinajstić information content (AvgIpc) is 3.16. The Morgan fingerprint density at radius 3 is 2.14 bits per heavy atom. The molecule has 1 unspecified atom stereocenters. The zero-order valence-corrected chi connectivity index (χ0v) is 19.2. The van der Waals surface area contributed by atoms with Crippen LogP contribution in [0.25, 0.3) is 0 Å². The molecular weight excluding hydrogens is 451 g/mol. The first kappa shape index (κ1) is 23.8. The Morgan fingerprint density at radius 1 is 0.943 bits per heavy atom. The normalized spacial score (nSPS) is 15.3. The molecule has 3 amide bonds. The van der Waals surface area contributed by atoms with Crippen LogP contribution < -0.4 is 4.90 Å². The van der Waals surface area contributed by atoms with Gasteiger partial charge in [-0.2, -0.15) is 0 Å². The van der Waals surface area contributed by atoms with Crippen molar-refractivity contribution in [2.45, 2.75) is 25.9 Å². The van der Waals surface area contributed by atoms with Crippen molar-refractivity contribution in [3.63, 3.8) is 0 Å². The topological polar surface area (TPSA) is 84.0 Å². The molecule has 8 heteroatoms. The number of rotatable bonds is 6. The zero-order chi connectivity index (χ0) is 25.1. The monoisotopic (exact) mass is 474 g/mol. The molecule has 0 aromatic heterocycles. The molecule has 35 heavy (non-hydrogen) atoms. The lowest BCUT2D eigenvalue weighted by molar-refractivity contribution is -0.122. The maximum absolute atomic E-state index is 13.5. The molecule has 0 radical (unpaired) electrons. The van der Waals surface area contributed by atoms with Crippen molar-refractivity contribution in [1.29, 1.82) is 0 Å². The van der Waals surface area contributed by atoms with Gasteiger partial charge in [0.25, 0.3) is 11.8 Å². The van der Waals surface area contributed by atoms with Crippen molar-refractivity contribution in [2.24, 2.45) is 0 Å². The number of methoxy groups -OCH3 is 1. The first-order valence-corrected chi connectivity index (χ1v) is 11.0. The van der Waals surface area contributed by atoms with Gasteiger partial charge in [-0.3, -0.25) is 14.4 Å². The molecular formula is C27H23FN2O5. The fourth-order valence-corrected chi connectivity index (χ4v) is 3.97. The molecule has 1 saturated heterocycles. The largest absolute Gasteiger partial charge is 0.465 e. The number of aryl methyl sites for hydroxylation is 1. The third-order valence-electron chi connectivity index (χ3n) is 5.87. The van der Waals surface area contributed by atoms with Gasteiger partial charge in [0.15, 0.2) is 0 Å². The standard InChI is InChI=1S/C27H23FN2O5/c1-17-3-7-19(8-4-17)25(32)29(16-18-5-11-21(28)12-6-18)23-15-24(31)30(26(23)33)22-13-9-20(10-14-22)27(34)35-2/h3-14,23H,15-16H2,1-2H3. The van der Waals surface area contributed by atoms with Gasteiger partial charge in [0.1, 0.15) is 11.9 Å². The maximum Gasteiger partial charge on any atom is 0.337 e. The predicted molar refractivity (Wildman–Crippen MR) is 126 cm³/mol. The van der Waals surface area contributed by atoms with E-state index in [1.54, 1.807) is 24.3 Å². The van der Waals surface area contributed by atoms with Gasteiger partial charge < -0.3 is 9.64 Å². The SMILES string of the molecule is COC(=O)c1ccc(N2C(=O)CC(N(Cc3ccc(F)cc3)C(=O)c3ccc(C)cc3)C2=O)cc1. The summed E-state index contributed by atoms with van der Waals surface area (Å²) in [4.78, 5) is 53.9. The number of hydrogen-bond donors (Lipinski definition) is 0.